The van der Waals surface area contributed by atoms with Crippen LogP contribution in [0.3, 0.4) is 0 Å². The minimum absolute atomic E-state index is 0.142. The van der Waals surface area contributed by atoms with Crippen molar-refractivity contribution in [3.63, 3.8) is 0 Å². The van der Waals surface area contributed by atoms with Crippen molar-refractivity contribution in [1.82, 2.24) is 4.98 Å². The Kier molecular flexibility index (Phi) is 3.28. The summed E-state index contributed by atoms with van der Waals surface area (Å²) >= 11 is 0. The fourth-order valence-corrected chi connectivity index (χ4v) is 3.08. The summed E-state index contributed by atoms with van der Waals surface area (Å²) in [4.78, 5) is 4.36. The predicted octanol–water partition coefficient (Wildman–Crippen LogP) is 3.64. The average molecular weight is 241 g/mol. The molecule has 0 amide bonds. The quantitative estimate of drug-likeness (QED) is 0.773. The third-order valence-corrected chi connectivity index (χ3v) is 4.04. The Balaban J connectivity index is 2.02. The molecule has 0 bridgehead atoms. The maximum atomic E-state index is 9.97. The second kappa shape index (κ2) is 5.07. The van der Waals surface area contributed by atoms with Crippen LogP contribution >= 0.6 is 0 Å². The number of hydrogen-bond acceptors (Lipinski definition) is 2. The number of aliphatic hydroxyl groups excluding tert-OH is 1. The third kappa shape index (κ3) is 2.25. The van der Waals surface area contributed by atoms with Crippen molar-refractivity contribution in [1.29, 1.82) is 0 Å². The molecule has 94 valence electrons. The molecule has 1 N–H and O–H groups in total. The van der Waals surface area contributed by atoms with Crippen molar-refractivity contribution in [2.75, 3.05) is 0 Å². The highest BCUT2D eigenvalue weighted by molar-refractivity contribution is 5.85. The van der Waals surface area contributed by atoms with E-state index in [0.717, 1.165) is 19.3 Å². The fraction of sp³-hybridized carbons (Fsp3) is 0.438. The van der Waals surface area contributed by atoms with Crippen LogP contribution in [0.1, 0.15) is 43.6 Å². The molecule has 2 heteroatoms. The summed E-state index contributed by atoms with van der Waals surface area (Å²) in [5.74, 6) is 0.459. The minimum atomic E-state index is -0.142. The van der Waals surface area contributed by atoms with Crippen LogP contribution in [-0.4, -0.2) is 16.2 Å². The van der Waals surface area contributed by atoms with E-state index in [0.29, 0.717) is 5.92 Å². The number of aliphatic hydroxyl groups is 1. The van der Waals surface area contributed by atoms with E-state index in [2.05, 4.69) is 29.2 Å². The van der Waals surface area contributed by atoms with Crippen molar-refractivity contribution >= 4 is 10.8 Å². The Morgan fingerprint density at radius 1 is 1.06 bits per heavy atom. The molecular formula is C16H19NO. The van der Waals surface area contributed by atoms with Crippen molar-refractivity contribution in [3.05, 3.63) is 42.2 Å². The largest absolute Gasteiger partial charge is 0.393 e. The van der Waals surface area contributed by atoms with E-state index < -0.39 is 0 Å². The first kappa shape index (κ1) is 11.7. The summed E-state index contributed by atoms with van der Waals surface area (Å²) < 4.78 is 0. The number of hydrogen-bond donors (Lipinski definition) is 1. The van der Waals surface area contributed by atoms with Gasteiger partial charge in [-0.25, -0.2) is 0 Å². The topological polar surface area (TPSA) is 33.1 Å². The van der Waals surface area contributed by atoms with Gasteiger partial charge in [0.1, 0.15) is 0 Å². The molecular weight excluding hydrogens is 222 g/mol. The molecule has 1 aliphatic carbocycles. The molecule has 1 heterocycles. The molecule has 0 radical (unpaired) electrons. The van der Waals surface area contributed by atoms with Gasteiger partial charge in [0.15, 0.2) is 0 Å². The first-order chi connectivity index (χ1) is 8.84. The number of fused-ring (bicyclic) bond motifs is 1. The third-order valence-electron chi connectivity index (χ3n) is 4.04. The fourth-order valence-electron chi connectivity index (χ4n) is 3.08. The maximum Gasteiger partial charge on any atom is 0.0546 e. The van der Waals surface area contributed by atoms with Crippen molar-refractivity contribution < 1.29 is 5.11 Å². The Hall–Kier alpha value is -1.41. The second-order valence-corrected chi connectivity index (χ2v) is 5.32. The van der Waals surface area contributed by atoms with Crippen LogP contribution in [0, 0.1) is 0 Å². The highest BCUT2D eigenvalue weighted by atomic mass is 16.3. The molecule has 0 saturated heterocycles. The Bertz CT molecular complexity index is 532. The lowest BCUT2D eigenvalue weighted by Crippen LogP contribution is -2.09. The van der Waals surface area contributed by atoms with Crippen molar-refractivity contribution in [2.45, 2.75) is 44.1 Å². The zero-order chi connectivity index (χ0) is 12.4. The van der Waals surface area contributed by atoms with Crippen LogP contribution in [0.5, 0.6) is 0 Å². The van der Waals surface area contributed by atoms with Gasteiger partial charge in [0.05, 0.1) is 6.10 Å². The van der Waals surface area contributed by atoms with Crippen LogP contribution in [0.4, 0.5) is 0 Å². The lowest BCUT2D eigenvalue weighted by molar-refractivity contribution is 0.152. The van der Waals surface area contributed by atoms with E-state index in [1.165, 1.54) is 29.2 Å². The summed E-state index contributed by atoms with van der Waals surface area (Å²) in [6.07, 6.45) is 9.14. The van der Waals surface area contributed by atoms with Gasteiger partial charge in [0, 0.05) is 17.8 Å². The Labute approximate surface area is 108 Å². The van der Waals surface area contributed by atoms with E-state index in [1.807, 2.05) is 12.4 Å². The van der Waals surface area contributed by atoms with Gasteiger partial charge in [-0.1, -0.05) is 37.1 Å². The molecule has 3 rings (SSSR count). The summed E-state index contributed by atoms with van der Waals surface area (Å²) in [6, 6.07) is 8.41. The summed E-state index contributed by atoms with van der Waals surface area (Å²) in [5, 5.41) is 12.5. The lowest BCUT2D eigenvalue weighted by Gasteiger charge is -2.18. The number of pyridine rings is 1. The summed E-state index contributed by atoms with van der Waals surface area (Å²) in [6.45, 7) is 0. The first-order valence-electron chi connectivity index (χ1n) is 6.85. The van der Waals surface area contributed by atoms with Gasteiger partial charge in [-0.2, -0.15) is 0 Å². The van der Waals surface area contributed by atoms with E-state index in [4.69, 9.17) is 0 Å². The molecule has 2 unspecified atom stereocenters. The van der Waals surface area contributed by atoms with Gasteiger partial charge in [-0.3, -0.25) is 4.98 Å². The number of benzene rings is 1. The predicted molar refractivity (Wildman–Crippen MR) is 73.6 cm³/mol. The molecule has 0 spiro atoms. The number of aromatic nitrogens is 1. The van der Waals surface area contributed by atoms with Crippen LogP contribution in [0.2, 0.25) is 0 Å². The van der Waals surface area contributed by atoms with Crippen LogP contribution < -0.4 is 0 Å². The Morgan fingerprint density at radius 2 is 1.89 bits per heavy atom. The van der Waals surface area contributed by atoms with E-state index in [1.54, 1.807) is 0 Å². The van der Waals surface area contributed by atoms with Crippen LogP contribution in [0.15, 0.2) is 36.7 Å². The lowest BCUT2D eigenvalue weighted by atomic mass is 9.89. The maximum absolute atomic E-state index is 9.97. The van der Waals surface area contributed by atoms with E-state index in [9.17, 15) is 5.11 Å². The molecule has 2 aromatic rings. The second-order valence-electron chi connectivity index (χ2n) is 5.32. The summed E-state index contributed by atoms with van der Waals surface area (Å²) in [5.41, 5.74) is 1.31. The van der Waals surface area contributed by atoms with Gasteiger partial charge in [-0.15, -0.1) is 0 Å². The summed E-state index contributed by atoms with van der Waals surface area (Å²) in [7, 11) is 0. The monoisotopic (exact) mass is 241 g/mol. The normalized spacial score (nSPS) is 24.9. The zero-order valence-electron chi connectivity index (χ0n) is 10.5. The molecule has 1 saturated carbocycles. The highest BCUT2D eigenvalue weighted by Gasteiger charge is 2.21. The van der Waals surface area contributed by atoms with Gasteiger partial charge >= 0.3 is 0 Å². The van der Waals surface area contributed by atoms with Gasteiger partial charge in [-0.05, 0) is 36.1 Å². The van der Waals surface area contributed by atoms with E-state index in [-0.39, 0.29) is 6.10 Å². The highest BCUT2D eigenvalue weighted by Crippen LogP contribution is 2.34. The standard InChI is InChI=1S/C16H19NO/c18-14-7-3-1-5-12(9-14)16-11-17-10-13-6-2-4-8-15(13)16/h2,4,6,8,10-12,14,18H,1,3,5,7,9H2. The van der Waals surface area contributed by atoms with Gasteiger partial charge in [0.25, 0.3) is 0 Å². The Morgan fingerprint density at radius 3 is 2.83 bits per heavy atom. The molecule has 1 aliphatic rings. The molecule has 2 nitrogen and oxygen atoms in total. The van der Waals surface area contributed by atoms with Crippen LogP contribution in [-0.2, 0) is 0 Å². The van der Waals surface area contributed by atoms with Crippen molar-refractivity contribution in [2.24, 2.45) is 0 Å². The SMILES string of the molecule is OC1CCCCC(c2cncc3ccccc23)C1. The smallest absolute Gasteiger partial charge is 0.0546 e. The first-order valence-corrected chi connectivity index (χ1v) is 6.85. The average Bonchev–Trinajstić information content (AvgIpc) is 2.63. The molecule has 1 fully saturated rings. The molecule has 1 aromatic carbocycles. The van der Waals surface area contributed by atoms with Gasteiger partial charge in [0.2, 0.25) is 0 Å². The number of nitrogens with zero attached hydrogens (tertiary/aromatic N) is 1. The molecule has 18 heavy (non-hydrogen) atoms. The molecule has 0 aliphatic heterocycles. The van der Waals surface area contributed by atoms with Crippen molar-refractivity contribution in [3.8, 4) is 0 Å². The van der Waals surface area contributed by atoms with Gasteiger partial charge < -0.3 is 5.11 Å². The van der Waals surface area contributed by atoms with Crippen LogP contribution in [0.25, 0.3) is 10.8 Å². The minimum Gasteiger partial charge on any atom is -0.393 e. The molecule has 1 aromatic heterocycles. The molecule has 2 atom stereocenters. The van der Waals surface area contributed by atoms with E-state index >= 15 is 0 Å². The zero-order valence-corrected chi connectivity index (χ0v) is 10.5. The number of rotatable bonds is 1.